The van der Waals surface area contributed by atoms with Crippen LogP contribution >= 0.6 is 0 Å². The number of carbonyl (C=O) groups excluding carboxylic acids is 2. The van der Waals surface area contributed by atoms with Crippen molar-refractivity contribution >= 4 is 11.8 Å². The van der Waals surface area contributed by atoms with Gasteiger partial charge in [-0.05, 0) is 18.1 Å². The SMILES string of the molecule is Cc1ccc(CNC(=O)c2cn(CC3CC(=O)N(Cc4ccccc4)C3)nn2)cc1. The summed E-state index contributed by atoms with van der Waals surface area (Å²) in [5.74, 6) is 0.0569. The first-order valence-electron chi connectivity index (χ1n) is 10.1. The molecular weight excluding hydrogens is 378 g/mol. The van der Waals surface area contributed by atoms with E-state index in [1.165, 1.54) is 5.56 Å². The molecule has 4 rings (SSSR count). The minimum Gasteiger partial charge on any atom is -0.347 e. The highest BCUT2D eigenvalue weighted by Crippen LogP contribution is 2.21. The van der Waals surface area contributed by atoms with Crippen LogP contribution in [-0.4, -0.2) is 38.3 Å². The van der Waals surface area contributed by atoms with Crippen LogP contribution in [0.15, 0.2) is 60.8 Å². The van der Waals surface area contributed by atoms with Crippen LogP contribution in [0.5, 0.6) is 0 Å². The van der Waals surface area contributed by atoms with Crippen molar-refractivity contribution in [3.63, 3.8) is 0 Å². The summed E-state index contributed by atoms with van der Waals surface area (Å²) in [5, 5.41) is 10.9. The first-order valence-corrected chi connectivity index (χ1v) is 10.1. The molecule has 0 aliphatic carbocycles. The molecule has 3 aromatic rings. The maximum atomic E-state index is 12.4. The van der Waals surface area contributed by atoms with E-state index in [1.807, 2.05) is 66.4 Å². The van der Waals surface area contributed by atoms with Gasteiger partial charge in [-0.25, -0.2) is 0 Å². The van der Waals surface area contributed by atoms with Gasteiger partial charge in [0.1, 0.15) is 0 Å². The molecule has 1 aliphatic rings. The zero-order valence-corrected chi connectivity index (χ0v) is 17.0. The molecule has 0 saturated carbocycles. The number of nitrogens with one attached hydrogen (secondary N) is 1. The summed E-state index contributed by atoms with van der Waals surface area (Å²) >= 11 is 0. The number of aryl methyl sites for hydroxylation is 1. The summed E-state index contributed by atoms with van der Waals surface area (Å²) in [7, 11) is 0. The Kier molecular flexibility index (Phi) is 5.88. The Balaban J connectivity index is 1.29. The largest absolute Gasteiger partial charge is 0.347 e. The van der Waals surface area contributed by atoms with Crippen molar-refractivity contribution in [1.82, 2.24) is 25.2 Å². The van der Waals surface area contributed by atoms with Gasteiger partial charge >= 0.3 is 0 Å². The number of amides is 2. The predicted octanol–water partition coefficient (Wildman–Crippen LogP) is 2.57. The topological polar surface area (TPSA) is 80.1 Å². The minimum absolute atomic E-state index is 0.153. The van der Waals surface area contributed by atoms with E-state index < -0.39 is 0 Å². The first kappa shape index (κ1) is 19.8. The van der Waals surface area contributed by atoms with E-state index in [4.69, 9.17) is 0 Å². The van der Waals surface area contributed by atoms with Gasteiger partial charge in [-0.1, -0.05) is 65.4 Å². The van der Waals surface area contributed by atoms with Crippen molar-refractivity contribution in [2.45, 2.75) is 33.0 Å². The van der Waals surface area contributed by atoms with E-state index in [2.05, 4.69) is 15.6 Å². The second kappa shape index (κ2) is 8.90. The fourth-order valence-electron chi connectivity index (χ4n) is 3.67. The summed E-state index contributed by atoms with van der Waals surface area (Å²) in [5.41, 5.74) is 3.62. The third-order valence-corrected chi connectivity index (χ3v) is 5.30. The third-order valence-electron chi connectivity index (χ3n) is 5.30. The normalized spacial score (nSPS) is 16.1. The molecule has 1 aliphatic heterocycles. The molecule has 1 aromatic heterocycles. The Morgan fingerprint density at radius 1 is 1.10 bits per heavy atom. The highest BCUT2D eigenvalue weighted by molar-refractivity contribution is 5.91. The number of rotatable bonds is 7. The van der Waals surface area contributed by atoms with E-state index in [-0.39, 0.29) is 23.4 Å². The molecule has 2 heterocycles. The molecule has 154 valence electrons. The minimum atomic E-state index is -0.255. The second-order valence-electron chi connectivity index (χ2n) is 7.82. The fourth-order valence-corrected chi connectivity index (χ4v) is 3.67. The smallest absolute Gasteiger partial charge is 0.273 e. The summed E-state index contributed by atoms with van der Waals surface area (Å²) < 4.78 is 1.66. The second-order valence-corrected chi connectivity index (χ2v) is 7.82. The molecule has 1 atom stereocenters. The maximum absolute atomic E-state index is 12.4. The van der Waals surface area contributed by atoms with Gasteiger partial charge < -0.3 is 10.2 Å². The Morgan fingerprint density at radius 3 is 2.63 bits per heavy atom. The molecule has 0 bridgehead atoms. The lowest BCUT2D eigenvalue weighted by Crippen LogP contribution is -2.25. The van der Waals surface area contributed by atoms with Crippen molar-refractivity contribution < 1.29 is 9.59 Å². The Morgan fingerprint density at radius 2 is 1.87 bits per heavy atom. The standard InChI is InChI=1S/C23H25N5O2/c1-17-7-9-18(10-8-17)12-24-23(30)21-16-28(26-25-21)15-20-11-22(29)27(14-20)13-19-5-3-2-4-6-19/h2-10,16,20H,11-15H2,1H3,(H,24,30). The van der Waals surface area contributed by atoms with E-state index in [9.17, 15) is 9.59 Å². The molecule has 0 radical (unpaired) electrons. The third kappa shape index (κ3) is 4.92. The van der Waals surface area contributed by atoms with Gasteiger partial charge in [-0.2, -0.15) is 0 Å². The predicted molar refractivity (Wildman–Crippen MR) is 112 cm³/mol. The van der Waals surface area contributed by atoms with Gasteiger partial charge in [-0.15, -0.1) is 5.10 Å². The van der Waals surface area contributed by atoms with Crippen LogP contribution in [0, 0.1) is 12.8 Å². The monoisotopic (exact) mass is 403 g/mol. The van der Waals surface area contributed by atoms with Crippen LogP contribution in [0.3, 0.4) is 0 Å². The van der Waals surface area contributed by atoms with E-state index >= 15 is 0 Å². The number of aromatic nitrogens is 3. The van der Waals surface area contributed by atoms with Crippen LogP contribution in [0.4, 0.5) is 0 Å². The highest BCUT2D eigenvalue weighted by Gasteiger charge is 2.30. The number of hydrogen-bond acceptors (Lipinski definition) is 4. The van der Waals surface area contributed by atoms with Crippen molar-refractivity contribution in [2.75, 3.05) is 6.54 Å². The van der Waals surface area contributed by atoms with Crippen LogP contribution < -0.4 is 5.32 Å². The lowest BCUT2D eigenvalue weighted by Gasteiger charge is -2.16. The molecule has 30 heavy (non-hydrogen) atoms. The van der Waals surface area contributed by atoms with Crippen molar-refractivity contribution in [3.05, 3.63) is 83.2 Å². The zero-order valence-electron chi connectivity index (χ0n) is 17.0. The molecule has 7 nitrogen and oxygen atoms in total. The van der Waals surface area contributed by atoms with Crippen molar-refractivity contribution in [1.29, 1.82) is 0 Å². The summed E-state index contributed by atoms with van der Waals surface area (Å²) in [6, 6.07) is 18.0. The quantitative estimate of drug-likeness (QED) is 0.658. The molecule has 1 unspecified atom stereocenters. The molecule has 7 heteroatoms. The van der Waals surface area contributed by atoms with Gasteiger partial charge in [0.15, 0.2) is 5.69 Å². The lowest BCUT2D eigenvalue weighted by atomic mass is 10.1. The maximum Gasteiger partial charge on any atom is 0.273 e. The molecule has 0 spiro atoms. The Labute approximate surface area is 175 Å². The van der Waals surface area contributed by atoms with Crippen LogP contribution in [0.2, 0.25) is 0 Å². The van der Waals surface area contributed by atoms with E-state index in [0.29, 0.717) is 32.6 Å². The van der Waals surface area contributed by atoms with Crippen molar-refractivity contribution in [3.8, 4) is 0 Å². The van der Waals surface area contributed by atoms with E-state index in [0.717, 1.165) is 11.1 Å². The van der Waals surface area contributed by atoms with E-state index in [1.54, 1.807) is 10.9 Å². The van der Waals surface area contributed by atoms with Crippen LogP contribution in [0.25, 0.3) is 0 Å². The molecule has 2 aromatic carbocycles. The molecule has 1 saturated heterocycles. The van der Waals surface area contributed by atoms with Crippen LogP contribution in [0.1, 0.15) is 33.6 Å². The fraction of sp³-hybridized carbons (Fsp3) is 0.304. The van der Waals surface area contributed by atoms with Crippen molar-refractivity contribution in [2.24, 2.45) is 5.92 Å². The average molecular weight is 403 g/mol. The molecular formula is C23H25N5O2. The first-order chi connectivity index (χ1) is 14.6. The lowest BCUT2D eigenvalue weighted by molar-refractivity contribution is -0.128. The molecule has 1 N–H and O–H groups in total. The number of nitrogens with zero attached hydrogens (tertiary/aromatic N) is 4. The summed E-state index contributed by atoms with van der Waals surface area (Å²) in [6.45, 7) is 4.34. The van der Waals surface area contributed by atoms with Gasteiger partial charge in [0.2, 0.25) is 5.91 Å². The number of benzene rings is 2. The van der Waals surface area contributed by atoms with Crippen LogP contribution in [-0.2, 0) is 24.4 Å². The molecule has 1 fully saturated rings. The number of hydrogen-bond donors (Lipinski definition) is 1. The summed E-state index contributed by atoms with van der Waals surface area (Å²) in [6.07, 6.45) is 2.14. The number of likely N-dealkylation sites (tertiary alicyclic amines) is 1. The number of carbonyl (C=O) groups is 2. The Bertz CT molecular complexity index is 1010. The zero-order chi connectivity index (χ0) is 20.9. The van der Waals surface area contributed by atoms with Gasteiger partial charge in [0.05, 0.1) is 6.20 Å². The Hall–Kier alpha value is -3.48. The average Bonchev–Trinajstić information content (AvgIpc) is 3.35. The molecule has 2 amide bonds. The van der Waals surface area contributed by atoms with Gasteiger partial charge in [-0.3, -0.25) is 14.3 Å². The van der Waals surface area contributed by atoms with Gasteiger partial charge in [0, 0.05) is 38.5 Å². The highest BCUT2D eigenvalue weighted by atomic mass is 16.2. The summed E-state index contributed by atoms with van der Waals surface area (Å²) in [4.78, 5) is 26.6. The van der Waals surface area contributed by atoms with Gasteiger partial charge in [0.25, 0.3) is 5.91 Å².